The third kappa shape index (κ3) is 4.26. The van der Waals surface area contributed by atoms with Crippen LogP contribution < -0.4 is 4.74 Å². The van der Waals surface area contributed by atoms with Crippen LogP contribution in [-0.2, 0) is 13.2 Å². The molecule has 1 aliphatic rings. The number of rotatable bonds is 6. The van der Waals surface area contributed by atoms with Crippen molar-refractivity contribution in [1.82, 2.24) is 24.6 Å². The van der Waals surface area contributed by atoms with Crippen molar-refractivity contribution in [2.45, 2.75) is 32.0 Å². The van der Waals surface area contributed by atoms with Gasteiger partial charge in [-0.1, -0.05) is 18.2 Å². The van der Waals surface area contributed by atoms with E-state index in [1.54, 1.807) is 12.5 Å². The minimum absolute atomic E-state index is 0.474. The lowest BCUT2D eigenvalue weighted by Gasteiger charge is -2.31. The predicted molar refractivity (Wildman–Crippen MR) is 98.6 cm³/mol. The lowest BCUT2D eigenvalue weighted by atomic mass is 10.0. The normalized spacial score (nSPS) is 15.8. The monoisotopic (exact) mass is 349 g/mol. The SMILES string of the molecule is c1ccc(COc2cccc(CN3CCC(n4cncn4)CC3)c2)nc1. The van der Waals surface area contributed by atoms with Gasteiger partial charge >= 0.3 is 0 Å². The first kappa shape index (κ1) is 16.7. The molecule has 134 valence electrons. The molecule has 1 saturated heterocycles. The van der Waals surface area contributed by atoms with Crippen LogP contribution in [0.3, 0.4) is 0 Å². The van der Waals surface area contributed by atoms with Gasteiger partial charge < -0.3 is 4.74 Å². The number of nitrogens with zero attached hydrogens (tertiary/aromatic N) is 5. The van der Waals surface area contributed by atoms with E-state index in [0.29, 0.717) is 12.6 Å². The zero-order valence-electron chi connectivity index (χ0n) is 14.7. The van der Waals surface area contributed by atoms with E-state index in [1.165, 1.54) is 5.56 Å². The van der Waals surface area contributed by atoms with Crippen LogP contribution in [0.4, 0.5) is 0 Å². The largest absolute Gasteiger partial charge is 0.487 e. The fraction of sp³-hybridized carbons (Fsp3) is 0.350. The summed E-state index contributed by atoms with van der Waals surface area (Å²) < 4.78 is 7.88. The molecule has 26 heavy (non-hydrogen) atoms. The molecule has 0 saturated carbocycles. The highest BCUT2D eigenvalue weighted by Crippen LogP contribution is 2.23. The first-order valence-electron chi connectivity index (χ1n) is 9.05. The van der Waals surface area contributed by atoms with Gasteiger partial charge in [-0.3, -0.25) is 9.88 Å². The van der Waals surface area contributed by atoms with Crippen molar-refractivity contribution in [2.24, 2.45) is 0 Å². The van der Waals surface area contributed by atoms with Crippen molar-refractivity contribution in [3.8, 4) is 5.75 Å². The maximum atomic E-state index is 5.89. The van der Waals surface area contributed by atoms with Crippen LogP contribution in [0.25, 0.3) is 0 Å². The zero-order valence-corrected chi connectivity index (χ0v) is 14.7. The smallest absolute Gasteiger partial charge is 0.137 e. The number of benzene rings is 1. The van der Waals surface area contributed by atoms with Crippen molar-refractivity contribution in [3.63, 3.8) is 0 Å². The van der Waals surface area contributed by atoms with Crippen molar-refractivity contribution < 1.29 is 4.74 Å². The van der Waals surface area contributed by atoms with Gasteiger partial charge in [-0.2, -0.15) is 5.10 Å². The molecule has 4 rings (SSSR count). The molecule has 6 nitrogen and oxygen atoms in total. The highest BCUT2D eigenvalue weighted by molar-refractivity contribution is 5.28. The first-order chi connectivity index (χ1) is 12.9. The Balaban J connectivity index is 1.30. The average molecular weight is 349 g/mol. The highest BCUT2D eigenvalue weighted by atomic mass is 16.5. The van der Waals surface area contributed by atoms with Crippen LogP contribution in [0.15, 0.2) is 61.3 Å². The molecule has 1 aliphatic heterocycles. The minimum Gasteiger partial charge on any atom is -0.487 e. The summed E-state index contributed by atoms with van der Waals surface area (Å²) in [4.78, 5) is 10.8. The summed E-state index contributed by atoms with van der Waals surface area (Å²) in [5.41, 5.74) is 2.22. The maximum absolute atomic E-state index is 5.89. The van der Waals surface area contributed by atoms with Crippen molar-refractivity contribution in [1.29, 1.82) is 0 Å². The van der Waals surface area contributed by atoms with E-state index in [-0.39, 0.29) is 0 Å². The van der Waals surface area contributed by atoms with Gasteiger partial charge in [0.25, 0.3) is 0 Å². The summed E-state index contributed by atoms with van der Waals surface area (Å²) in [6.07, 6.45) is 7.45. The van der Waals surface area contributed by atoms with Gasteiger partial charge in [0.1, 0.15) is 25.0 Å². The maximum Gasteiger partial charge on any atom is 0.137 e. The zero-order chi connectivity index (χ0) is 17.6. The lowest BCUT2D eigenvalue weighted by molar-refractivity contribution is 0.173. The van der Waals surface area contributed by atoms with Gasteiger partial charge in [-0.25, -0.2) is 9.67 Å². The molecule has 0 amide bonds. The Morgan fingerprint density at radius 1 is 1.08 bits per heavy atom. The van der Waals surface area contributed by atoms with Crippen LogP contribution >= 0.6 is 0 Å². The standard InChI is InChI=1S/C20H23N5O/c1-2-9-22-18(5-1)14-26-20-6-3-4-17(12-20)13-24-10-7-19(8-11-24)25-16-21-15-23-25/h1-6,9,12,15-16,19H,7-8,10-11,13-14H2. The second kappa shape index (κ2) is 8.10. The molecule has 2 aromatic heterocycles. The summed E-state index contributed by atoms with van der Waals surface area (Å²) in [6.45, 7) is 3.59. The van der Waals surface area contributed by atoms with Crippen LogP contribution in [0.1, 0.15) is 30.1 Å². The third-order valence-electron chi connectivity index (χ3n) is 4.79. The van der Waals surface area contributed by atoms with E-state index in [2.05, 4.69) is 38.2 Å². The molecule has 0 aliphatic carbocycles. The van der Waals surface area contributed by atoms with Crippen molar-refractivity contribution >= 4 is 0 Å². The Kier molecular flexibility index (Phi) is 5.21. The van der Waals surface area contributed by atoms with Gasteiger partial charge in [-0.15, -0.1) is 0 Å². The van der Waals surface area contributed by atoms with Crippen LogP contribution in [-0.4, -0.2) is 37.7 Å². The Hall–Kier alpha value is -2.73. The lowest BCUT2D eigenvalue weighted by Crippen LogP contribution is -2.34. The molecule has 0 spiro atoms. The fourth-order valence-corrected chi connectivity index (χ4v) is 3.38. The van der Waals surface area contributed by atoms with Crippen LogP contribution in [0.2, 0.25) is 0 Å². The molecule has 0 atom stereocenters. The summed E-state index contributed by atoms with van der Waals surface area (Å²) in [5.74, 6) is 0.894. The second-order valence-electron chi connectivity index (χ2n) is 6.64. The Morgan fingerprint density at radius 2 is 2.00 bits per heavy atom. The van der Waals surface area contributed by atoms with Crippen molar-refractivity contribution in [3.05, 3.63) is 72.6 Å². The van der Waals surface area contributed by atoms with Gasteiger partial charge in [0.05, 0.1) is 11.7 Å². The summed E-state index contributed by atoms with van der Waals surface area (Å²) in [5, 5.41) is 4.27. The van der Waals surface area contributed by atoms with E-state index in [1.807, 2.05) is 35.3 Å². The molecule has 1 fully saturated rings. The number of aromatic nitrogens is 4. The Labute approximate surface area is 153 Å². The summed E-state index contributed by atoms with van der Waals surface area (Å²) >= 11 is 0. The molecule has 3 heterocycles. The topological polar surface area (TPSA) is 56.1 Å². The van der Waals surface area contributed by atoms with Crippen molar-refractivity contribution in [2.75, 3.05) is 13.1 Å². The van der Waals surface area contributed by atoms with E-state index >= 15 is 0 Å². The number of hydrogen-bond acceptors (Lipinski definition) is 5. The Bertz CT molecular complexity index is 798. The minimum atomic E-state index is 0.474. The molecule has 6 heteroatoms. The van der Waals surface area contributed by atoms with E-state index in [4.69, 9.17) is 4.74 Å². The van der Waals surface area contributed by atoms with Crippen LogP contribution in [0.5, 0.6) is 5.75 Å². The third-order valence-corrected chi connectivity index (χ3v) is 4.79. The molecule has 0 bridgehead atoms. The number of hydrogen-bond donors (Lipinski definition) is 0. The molecule has 1 aromatic carbocycles. The van der Waals surface area contributed by atoms with Gasteiger partial charge in [0, 0.05) is 25.8 Å². The molecule has 0 radical (unpaired) electrons. The van der Waals surface area contributed by atoms with Gasteiger partial charge in [-0.05, 0) is 42.7 Å². The van der Waals surface area contributed by atoms with Gasteiger partial charge in [0.2, 0.25) is 0 Å². The molecule has 0 unspecified atom stereocenters. The number of pyridine rings is 1. The number of likely N-dealkylation sites (tertiary alicyclic amines) is 1. The summed E-state index contributed by atoms with van der Waals surface area (Å²) in [7, 11) is 0. The molecular weight excluding hydrogens is 326 g/mol. The molecular formula is C20H23N5O. The van der Waals surface area contributed by atoms with E-state index in [0.717, 1.165) is 43.9 Å². The molecule has 0 N–H and O–H groups in total. The van der Waals surface area contributed by atoms with E-state index in [9.17, 15) is 0 Å². The summed E-state index contributed by atoms with van der Waals surface area (Å²) in [6, 6.07) is 14.7. The highest BCUT2D eigenvalue weighted by Gasteiger charge is 2.20. The second-order valence-corrected chi connectivity index (χ2v) is 6.64. The first-order valence-corrected chi connectivity index (χ1v) is 9.05. The fourth-order valence-electron chi connectivity index (χ4n) is 3.38. The number of ether oxygens (including phenoxy) is 1. The Morgan fingerprint density at radius 3 is 2.77 bits per heavy atom. The van der Waals surface area contributed by atoms with Crippen LogP contribution in [0, 0.1) is 0 Å². The number of piperidine rings is 1. The predicted octanol–water partition coefficient (Wildman–Crippen LogP) is 3.09. The van der Waals surface area contributed by atoms with E-state index < -0.39 is 0 Å². The molecule has 3 aromatic rings. The average Bonchev–Trinajstić information content (AvgIpc) is 3.23. The quantitative estimate of drug-likeness (QED) is 0.684. The van der Waals surface area contributed by atoms with Gasteiger partial charge in [0.15, 0.2) is 0 Å².